The average Bonchev–Trinajstić information content (AvgIpc) is 3.44. The highest BCUT2D eigenvalue weighted by atomic mass is 16.9. The lowest BCUT2D eigenvalue weighted by Crippen LogP contribution is -2.16. The predicted octanol–water partition coefficient (Wildman–Crippen LogP) is 3.38. The van der Waals surface area contributed by atoms with E-state index in [0.717, 1.165) is 51.7 Å². The Kier molecular flexibility index (Phi) is 6.10. The first kappa shape index (κ1) is 22.4. The molecule has 172 valence electrons. The summed E-state index contributed by atoms with van der Waals surface area (Å²) in [5, 5.41) is 14.7. The second kappa shape index (κ2) is 8.99. The van der Waals surface area contributed by atoms with Crippen LogP contribution in [0.1, 0.15) is 34.7 Å². The van der Waals surface area contributed by atoms with E-state index in [2.05, 4.69) is 27.1 Å². The molecule has 3 aromatic rings. The number of nitrogens with one attached hydrogen (secondary N) is 1. The summed E-state index contributed by atoms with van der Waals surface area (Å²) in [4.78, 5) is 33.2. The number of aromatic nitrogens is 2. The summed E-state index contributed by atoms with van der Waals surface area (Å²) in [5.41, 5.74) is 6.62. The zero-order valence-corrected chi connectivity index (χ0v) is 18.5. The van der Waals surface area contributed by atoms with Crippen LogP contribution >= 0.6 is 0 Å². The highest BCUT2D eigenvalue weighted by Gasteiger charge is 2.33. The minimum atomic E-state index is -1.50. The van der Waals surface area contributed by atoms with Gasteiger partial charge in [-0.3, -0.25) is 9.79 Å². The van der Waals surface area contributed by atoms with Crippen molar-refractivity contribution in [2.45, 2.75) is 26.3 Å². The van der Waals surface area contributed by atoms with Crippen LogP contribution in [0.3, 0.4) is 0 Å². The standard InChI is InChI=1S/C23H23N3O3.HNO3/c1-12-9-25-23(28-3)13(2)19(12)14-4-5-16-18(8-14)26-22(27)17-10-24-21(20(16)17)15-6-7-29-11-15;2-1(3)4/h4-5,8-10,15,21H,6-7,11H2,1-3H3,(H,26,27);(H,2,3,4)/t15?,21-;/m0./s1. The number of benzene rings is 1. The first-order valence-corrected chi connectivity index (χ1v) is 10.5. The zero-order chi connectivity index (χ0) is 23.7. The number of hydrogen-bond acceptors (Lipinski definition) is 7. The minimum absolute atomic E-state index is 0.00681. The van der Waals surface area contributed by atoms with Gasteiger partial charge in [-0.05, 0) is 43.0 Å². The largest absolute Gasteiger partial charge is 0.481 e. The quantitative estimate of drug-likeness (QED) is 0.458. The molecule has 0 aliphatic carbocycles. The maximum atomic E-state index is 12.8. The lowest BCUT2D eigenvalue weighted by atomic mass is 9.89. The van der Waals surface area contributed by atoms with Crippen molar-refractivity contribution in [3.8, 4) is 17.0 Å². The van der Waals surface area contributed by atoms with Crippen molar-refractivity contribution >= 4 is 17.1 Å². The number of aliphatic imine (C=N–C) groups is 1. The number of aryl methyl sites for hydroxylation is 1. The first-order chi connectivity index (χ1) is 15.8. The third kappa shape index (κ3) is 4.17. The molecule has 33 heavy (non-hydrogen) atoms. The summed E-state index contributed by atoms with van der Waals surface area (Å²) in [6.45, 7) is 5.50. The molecule has 0 radical (unpaired) electrons. The number of pyridine rings is 2. The highest BCUT2D eigenvalue weighted by Crippen LogP contribution is 2.40. The van der Waals surface area contributed by atoms with Gasteiger partial charge in [0.2, 0.25) is 5.88 Å². The van der Waals surface area contributed by atoms with Gasteiger partial charge >= 0.3 is 0 Å². The summed E-state index contributed by atoms with van der Waals surface area (Å²) in [6, 6.07) is 6.25. The Bertz CT molecular complexity index is 1310. The van der Waals surface area contributed by atoms with Crippen LogP contribution in [0.25, 0.3) is 22.0 Å². The molecule has 0 spiro atoms. The molecule has 2 N–H and O–H groups in total. The van der Waals surface area contributed by atoms with Crippen LogP contribution in [0.2, 0.25) is 0 Å². The molecule has 10 nitrogen and oxygen atoms in total. The fourth-order valence-corrected chi connectivity index (χ4v) is 4.70. The molecule has 1 unspecified atom stereocenters. The number of aromatic amines is 1. The van der Waals surface area contributed by atoms with Gasteiger partial charge in [0.05, 0.1) is 25.3 Å². The molecular formula is C23H24N4O6. The molecule has 2 aliphatic heterocycles. The molecule has 0 saturated carbocycles. The minimum Gasteiger partial charge on any atom is -0.481 e. The molecule has 10 heteroatoms. The SMILES string of the molecule is COc1ncc(C)c(-c2ccc3c4c(c(=O)[nH]c3c2)C=N[C@H]4C2CCOC2)c1C.O=[N+]([O-])O. The highest BCUT2D eigenvalue weighted by molar-refractivity contribution is 5.96. The fraction of sp³-hybridized carbons (Fsp3) is 0.348. The van der Waals surface area contributed by atoms with Crippen molar-refractivity contribution in [3.63, 3.8) is 0 Å². The number of fused-ring (bicyclic) bond motifs is 3. The second-order valence-corrected chi connectivity index (χ2v) is 8.08. The summed E-state index contributed by atoms with van der Waals surface area (Å²) >= 11 is 0. The van der Waals surface area contributed by atoms with E-state index in [1.54, 1.807) is 13.3 Å². The van der Waals surface area contributed by atoms with Gasteiger partial charge in [-0.25, -0.2) is 4.98 Å². The van der Waals surface area contributed by atoms with Gasteiger partial charge < -0.3 is 19.7 Å². The molecule has 2 atom stereocenters. The van der Waals surface area contributed by atoms with Gasteiger partial charge in [-0.2, -0.15) is 0 Å². The third-order valence-electron chi connectivity index (χ3n) is 6.11. The summed E-state index contributed by atoms with van der Waals surface area (Å²) < 4.78 is 11.0. The Hall–Kier alpha value is -3.79. The molecule has 4 heterocycles. The average molecular weight is 452 g/mol. The molecule has 2 aromatic heterocycles. The first-order valence-electron chi connectivity index (χ1n) is 10.5. The van der Waals surface area contributed by atoms with Gasteiger partial charge in [0.1, 0.15) is 0 Å². The number of hydrogen-bond donors (Lipinski definition) is 2. The van der Waals surface area contributed by atoms with Crippen LogP contribution in [0.5, 0.6) is 5.88 Å². The maximum Gasteiger partial charge on any atom is 0.291 e. The predicted molar refractivity (Wildman–Crippen MR) is 122 cm³/mol. The topological polar surface area (TPSA) is 140 Å². The molecule has 1 fully saturated rings. The zero-order valence-electron chi connectivity index (χ0n) is 18.5. The van der Waals surface area contributed by atoms with Crippen molar-refractivity contribution in [1.82, 2.24) is 9.97 Å². The van der Waals surface area contributed by atoms with E-state index in [1.807, 2.05) is 26.1 Å². The van der Waals surface area contributed by atoms with Gasteiger partial charge in [0, 0.05) is 47.0 Å². The van der Waals surface area contributed by atoms with E-state index >= 15 is 0 Å². The lowest BCUT2D eigenvalue weighted by molar-refractivity contribution is -0.742. The molecule has 2 aliphatic rings. The normalized spacial score (nSPS) is 18.6. The Balaban J connectivity index is 0.000000601. The van der Waals surface area contributed by atoms with E-state index in [9.17, 15) is 4.79 Å². The number of rotatable bonds is 3. The van der Waals surface area contributed by atoms with Crippen molar-refractivity contribution in [3.05, 3.63) is 67.1 Å². The Morgan fingerprint density at radius 3 is 2.76 bits per heavy atom. The molecule has 1 aromatic carbocycles. The molecular weight excluding hydrogens is 428 g/mol. The van der Waals surface area contributed by atoms with Gasteiger partial charge in [-0.15, -0.1) is 10.1 Å². The van der Waals surface area contributed by atoms with Gasteiger partial charge in [0.15, 0.2) is 0 Å². The van der Waals surface area contributed by atoms with Crippen molar-refractivity contribution in [2.24, 2.45) is 10.9 Å². The van der Waals surface area contributed by atoms with Crippen LogP contribution in [-0.2, 0) is 4.74 Å². The molecule has 0 bridgehead atoms. The van der Waals surface area contributed by atoms with Crippen molar-refractivity contribution < 1.29 is 19.8 Å². The fourth-order valence-electron chi connectivity index (χ4n) is 4.70. The molecule has 0 amide bonds. The van der Waals surface area contributed by atoms with E-state index < -0.39 is 5.09 Å². The van der Waals surface area contributed by atoms with E-state index in [4.69, 9.17) is 24.8 Å². The van der Waals surface area contributed by atoms with Gasteiger partial charge in [-0.1, -0.05) is 12.1 Å². The lowest BCUT2D eigenvalue weighted by Gasteiger charge is -2.18. The van der Waals surface area contributed by atoms with Crippen molar-refractivity contribution in [2.75, 3.05) is 20.3 Å². The third-order valence-corrected chi connectivity index (χ3v) is 6.11. The Labute approximate surface area is 189 Å². The number of nitrogens with zero attached hydrogens (tertiary/aromatic N) is 3. The smallest absolute Gasteiger partial charge is 0.291 e. The summed E-state index contributed by atoms with van der Waals surface area (Å²) in [5.74, 6) is 0.939. The monoisotopic (exact) mass is 452 g/mol. The van der Waals surface area contributed by atoms with Crippen molar-refractivity contribution in [1.29, 1.82) is 0 Å². The number of H-pyrrole nitrogens is 1. The molecule has 5 rings (SSSR count). The van der Waals surface area contributed by atoms with E-state index in [0.29, 0.717) is 24.0 Å². The van der Waals surface area contributed by atoms with E-state index in [1.165, 1.54) is 0 Å². The summed E-state index contributed by atoms with van der Waals surface area (Å²) in [7, 11) is 1.63. The van der Waals surface area contributed by atoms with E-state index in [-0.39, 0.29) is 11.6 Å². The number of methoxy groups -OCH3 is 1. The Morgan fingerprint density at radius 1 is 1.33 bits per heavy atom. The summed E-state index contributed by atoms with van der Waals surface area (Å²) in [6.07, 6.45) is 4.52. The molecule has 1 saturated heterocycles. The maximum absolute atomic E-state index is 12.8. The van der Waals surface area contributed by atoms with Crippen LogP contribution in [0, 0.1) is 29.9 Å². The number of ether oxygens (including phenoxy) is 2. The van der Waals surface area contributed by atoms with Gasteiger partial charge in [0.25, 0.3) is 10.6 Å². The van der Waals surface area contributed by atoms with Crippen LogP contribution < -0.4 is 10.3 Å². The van der Waals surface area contributed by atoms with Crippen LogP contribution in [0.15, 0.2) is 34.2 Å². The van der Waals surface area contributed by atoms with Crippen LogP contribution in [0.4, 0.5) is 0 Å². The second-order valence-electron chi connectivity index (χ2n) is 8.08. The Morgan fingerprint density at radius 2 is 2.09 bits per heavy atom. The van der Waals surface area contributed by atoms with Crippen LogP contribution in [-0.4, -0.2) is 46.8 Å².